The Morgan fingerprint density at radius 2 is 1.82 bits per heavy atom. The second kappa shape index (κ2) is 4.60. The Labute approximate surface area is 135 Å². The van der Waals surface area contributed by atoms with Crippen LogP contribution < -0.4 is 0 Å². The van der Waals surface area contributed by atoms with Crippen LogP contribution >= 0.6 is 0 Å². The molecule has 2 nitrogen and oxygen atoms in total. The number of fused-ring (bicyclic) bond motifs is 3. The molecule has 6 atom stereocenters. The molecule has 4 aliphatic carbocycles. The van der Waals surface area contributed by atoms with Crippen LogP contribution in [0.15, 0.2) is 12.2 Å². The van der Waals surface area contributed by atoms with Gasteiger partial charge in [-0.15, -0.1) is 0 Å². The maximum Gasteiger partial charge on any atom is 0.120 e. The molecule has 0 heterocycles. The molecule has 1 unspecified atom stereocenters. The highest BCUT2D eigenvalue weighted by molar-refractivity contribution is 5.27. The summed E-state index contributed by atoms with van der Waals surface area (Å²) >= 11 is 0. The van der Waals surface area contributed by atoms with Crippen LogP contribution in [0, 0.1) is 34.0 Å². The highest BCUT2D eigenvalue weighted by atomic mass is 17.1. The number of hydrogen-bond donors (Lipinski definition) is 1. The normalized spacial score (nSPS) is 53.0. The Bertz CT molecular complexity index is 496. The quantitative estimate of drug-likeness (QED) is 0.397. The van der Waals surface area contributed by atoms with Crippen LogP contribution in [0.5, 0.6) is 0 Å². The van der Waals surface area contributed by atoms with Crippen LogP contribution in [0.25, 0.3) is 0 Å². The summed E-state index contributed by atoms with van der Waals surface area (Å²) in [6.45, 7) is 11.9. The van der Waals surface area contributed by atoms with Crippen LogP contribution in [0.4, 0.5) is 0 Å². The van der Waals surface area contributed by atoms with E-state index in [-0.39, 0.29) is 11.5 Å². The standard InChI is InChI=1S/C20H32O2/c1-13-14-6-7-16-19(4)10-5-9-18(2,3)15(19)8-11-20(16,12-14)17(13)22-21/h14-17,21H,1,5-12H2,2-4H3/t14-,15-,16+,17?,19-,20-/m1/s1. The summed E-state index contributed by atoms with van der Waals surface area (Å²) in [4.78, 5) is 5.07. The Morgan fingerprint density at radius 3 is 2.55 bits per heavy atom. The van der Waals surface area contributed by atoms with Crippen LogP contribution in [0.2, 0.25) is 0 Å². The van der Waals surface area contributed by atoms with Crippen molar-refractivity contribution in [3.8, 4) is 0 Å². The molecule has 1 spiro atoms. The van der Waals surface area contributed by atoms with Crippen LogP contribution in [-0.4, -0.2) is 11.4 Å². The lowest BCUT2D eigenvalue weighted by molar-refractivity contribution is -0.308. The largest absolute Gasteiger partial charge is 0.251 e. The SMILES string of the molecule is C=C1C(OO)[C@@]23CC[C@@H]4C(C)(C)CCC[C@@]4(C)[C@@H]2CC[C@@H]1C3. The fourth-order valence-electron chi connectivity index (χ4n) is 7.83. The molecule has 0 aromatic rings. The van der Waals surface area contributed by atoms with E-state index in [1.165, 1.54) is 56.9 Å². The first-order chi connectivity index (χ1) is 10.3. The second-order valence-corrected chi connectivity index (χ2v) is 9.76. The lowest BCUT2D eigenvalue weighted by atomic mass is 9.41. The molecular formula is C20H32O2. The van der Waals surface area contributed by atoms with Gasteiger partial charge in [0.15, 0.2) is 0 Å². The summed E-state index contributed by atoms with van der Waals surface area (Å²) in [5, 5.41) is 9.64. The van der Waals surface area contributed by atoms with E-state index in [0.29, 0.717) is 22.7 Å². The lowest BCUT2D eigenvalue weighted by Gasteiger charge is -2.64. The molecule has 4 rings (SSSR count). The van der Waals surface area contributed by atoms with Crippen molar-refractivity contribution in [2.75, 3.05) is 0 Å². The molecule has 124 valence electrons. The first-order valence-corrected chi connectivity index (χ1v) is 9.34. The van der Waals surface area contributed by atoms with Gasteiger partial charge in [-0.3, -0.25) is 5.26 Å². The van der Waals surface area contributed by atoms with Gasteiger partial charge in [0.05, 0.1) is 0 Å². The van der Waals surface area contributed by atoms with Crippen molar-refractivity contribution in [1.82, 2.24) is 0 Å². The van der Waals surface area contributed by atoms with Crippen molar-refractivity contribution in [2.24, 2.45) is 34.0 Å². The van der Waals surface area contributed by atoms with Crippen LogP contribution in [0.3, 0.4) is 0 Å². The van der Waals surface area contributed by atoms with Gasteiger partial charge in [-0.1, -0.05) is 33.8 Å². The summed E-state index contributed by atoms with van der Waals surface area (Å²) in [5.41, 5.74) is 2.25. The van der Waals surface area contributed by atoms with E-state index < -0.39 is 0 Å². The molecule has 2 heteroatoms. The molecule has 0 saturated heterocycles. The third-order valence-electron chi connectivity index (χ3n) is 8.58. The highest BCUT2D eigenvalue weighted by Gasteiger charge is 2.66. The van der Waals surface area contributed by atoms with Gasteiger partial charge in [-0.2, -0.15) is 0 Å². The van der Waals surface area contributed by atoms with Crippen molar-refractivity contribution in [1.29, 1.82) is 0 Å². The Kier molecular flexibility index (Phi) is 3.18. The molecule has 0 amide bonds. The van der Waals surface area contributed by atoms with Crippen molar-refractivity contribution < 1.29 is 10.1 Å². The van der Waals surface area contributed by atoms with E-state index in [4.69, 9.17) is 4.89 Å². The third kappa shape index (κ3) is 1.69. The maximum atomic E-state index is 9.64. The number of rotatable bonds is 1. The van der Waals surface area contributed by atoms with Gasteiger partial charge in [0.1, 0.15) is 6.10 Å². The topological polar surface area (TPSA) is 29.5 Å². The first-order valence-electron chi connectivity index (χ1n) is 9.34. The Hall–Kier alpha value is -0.340. The highest BCUT2D eigenvalue weighted by Crippen LogP contribution is 2.72. The van der Waals surface area contributed by atoms with Gasteiger partial charge in [0, 0.05) is 5.41 Å². The first kappa shape index (κ1) is 15.2. The minimum absolute atomic E-state index is 0.104. The van der Waals surface area contributed by atoms with Gasteiger partial charge >= 0.3 is 0 Å². The van der Waals surface area contributed by atoms with E-state index in [1.54, 1.807) is 0 Å². The van der Waals surface area contributed by atoms with Crippen molar-refractivity contribution in [2.45, 2.75) is 78.2 Å². The second-order valence-electron chi connectivity index (χ2n) is 9.76. The average Bonchev–Trinajstić information content (AvgIpc) is 2.64. The maximum absolute atomic E-state index is 9.64. The number of hydrogen-bond acceptors (Lipinski definition) is 2. The van der Waals surface area contributed by atoms with Crippen molar-refractivity contribution in [3.05, 3.63) is 12.2 Å². The summed E-state index contributed by atoms with van der Waals surface area (Å²) in [6, 6.07) is 0. The van der Waals surface area contributed by atoms with Gasteiger partial charge in [-0.05, 0) is 79.1 Å². The minimum Gasteiger partial charge on any atom is -0.251 e. The molecule has 4 saturated carbocycles. The van der Waals surface area contributed by atoms with Crippen molar-refractivity contribution >= 4 is 0 Å². The van der Waals surface area contributed by atoms with Gasteiger partial charge in [0.25, 0.3) is 0 Å². The lowest BCUT2D eigenvalue weighted by Crippen LogP contribution is -2.58. The monoisotopic (exact) mass is 304 g/mol. The molecule has 4 fully saturated rings. The molecule has 0 radical (unpaired) electrons. The van der Waals surface area contributed by atoms with Gasteiger partial charge in [-0.25, -0.2) is 4.89 Å². The van der Waals surface area contributed by atoms with E-state index in [1.807, 2.05) is 0 Å². The zero-order valence-electron chi connectivity index (χ0n) is 14.5. The van der Waals surface area contributed by atoms with E-state index in [9.17, 15) is 5.26 Å². The third-order valence-corrected chi connectivity index (χ3v) is 8.58. The van der Waals surface area contributed by atoms with Gasteiger partial charge < -0.3 is 0 Å². The predicted molar refractivity (Wildman–Crippen MR) is 88.4 cm³/mol. The average molecular weight is 304 g/mol. The van der Waals surface area contributed by atoms with Crippen molar-refractivity contribution in [3.63, 3.8) is 0 Å². The van der Waals surface area contributed by atoms with E-state index in [0.717, 1.165) is 5.92 Å². The minimum atomic E-state index is -0.104. The summed E-state index contributed by atoms with van der Waals surface area (Å²) < 4.78 is 0. The van der Waals surface area contributed by atoms with E-state index in [2.05, 4.69) is 27.4 Å². The Balaban J connectivity index is 1.77. The van der Waals surface area contributed by atoms with Crippen LogP contribution in [0.1, 0.15) is 72.1 Å². The molecule has 4 aliphatic rings. The van der Waals surface area contributed by atoms with E-state index >= 15 is 0 Å². The molecule has 2 bridgehead atoms. The summed E-state index contributed by atoms with van der Waals surface area (Å²) in [6.07, 6.45) is 10.3. The molecule has 1 N–H and O–H groups in total. The summed E-state index contributed by atoms with van der Waals surface area (Å²) in [5.74, 6) is 2.12. The zero-order valence-corrected chi connectivity index (χ0v) is 14.5. The van der Waals surface area contributed by atoms with Crippen LogP contribution in [-0.2, 0) is 4.89 Å². The fourth-order valence-corrected chi connectivity index (χ4v) is 7.83. The van der Waals surface area contributed by atoms with Gasteiger partial charge in [0.2, 0.25) is 0 Å². The fraction of sp³-hybridized carbons (Fsp3) is 0.900. The molecule has 0 aromatic heterocycles. The summed E-state index contributed by atoms with van der Waals surface area (Å²) in [7, 11) is 0. The molecular weight excluding hydrogens is 272 g/mol. The molecule has 0 aliphatic heterocycles. The predicted octanol–water partition coefficient (Wildman–Crippen LogP) is 5.44. The molecule has 0 aromatic carbocycles. The molecule has 22 heavy (non-hydrogen) atoms. The Morgan fingerprint density at radius 1 is 1.05 bits per heavy atom. The smallest absolute Gasteiger partial charge is 0.120 e. The zero-order chi connectivity index (χ0) is 15.8.